The lowest BCUT2D eigenvalue weighted by molar-refractivity contribution is 0.0266. The van der Waals surface area contributed by atoms with Gasteiger partial charge in [0.25, 0.3) is 0 Å². The van der Waals surface area contributed by atoms with Crippen LogP contribution in [0.2, 0.25) is 0 Å². The maximum Gasteiger partial charge on any atom is 0.429 e. The molecule has 23 heavy (non-hydrogen) atoms. The maximum atomic E-state index is 14.5. The van der Waals surface area contributed by atoms with Crippen LogP contribution in [0.1, 0.15) is 52.0 Å². The number of hydrogen-bond acceptors (Lipinski definition) is 4. The minimum absolute atomic E-state index is 0.199. The molecular formula is C17H24FN3O2. The van der Waals surface area contributed by atoms with Gasteiger partial charge in [0, 0.05) is 12.7 Å². The zero-order valence-corrected chi connectivity index (χ0v) is 14.2. The van der Waals surface area contributed by atoms with Crippen LogP contribution in [0.3, 0.4) is 0 Å². The SMILES string of the molecule is CC1CN(C(=O)OC(C)(C)C)N(c2ncc(C3CC3)cc2F)C1. The molecule has 2 heterocycles. The number of aromatic nitrogens is 1. The van der Waals surface area contributed by atoms with Crippen LogP contribution in [-0.2, 0) is 4.74 Å². The average Bonchev–Trinajstić information content (AvgIpc) is 3.20. The molecule has 0 bridgehead atoms. The molecule has 0 N–H and O–H groups in total. The highest BCUT2D eigenvalue weighted by atomic mass is 19.1. The van der Waals surface area contributed by atoms with Crippen molar-refractivity contribution in [2.45, 2.75) is 52.1 Å². The lowest BCUT2D eigenvalue weighted by Gasteiger charge is -2.31. The van der Waals surface area contributed by atoms with Gasteiger partial charge in [0.15, 0.2) is 11.6 Å². The normalized spacial score (nSPS) is 21.7. The van der Waals surface area contributed by atoms with Crippen LogP contribution in [0.5, 0.6) is 0 Å². The van der Waals surface area contributed by atoms with E-state index < -0.39 is 11.7 Å². The Bertz CT molecular complexity index is 610. The summed E-state index contributed by atoms with van der Waals surface area (Å²) < 4.78 is 19.9. The molecule has 126 valence electrons. The number of nitrogens with zero attached hydrogens (tertiary/aromatic N) is 3. The maximum absolute atomic E-state index is 14.5. The number of hydrogen-bond donors (Lipinski definition) is 0. The molecular weight excluding hydrogens is 297 g/mol. The summed E-state index contributed by atoms with van der Waals surface area (Å²) in [6.45, 7) is 8.52. The summed E-state index contributed by atoms with van der Waals surface area (Å²) in [5, 5.41) is 3.06. The van der Waals surface area contributed by atoms with Gasteiger partial charge in [-0.3, -0.25) is 5.01 Å². The smallest absolute Gasteiger partial charge is 0.429 e. The van der Waals surface area contributed by atoms with Crippen molar-refractivity contribution in [3.8, 4) is 0 Å². The molecule has 1 aliphatic heterocycles. The van der Waals surface area contributed by atoms with Gasteiger partial charge in [-0.2, -0.15) is 0 Å². The first-order valence-corrected chi connectivity index (χ1v) is 8.18. The molecule has 1 saturated carbocycles. The molecule has 3 rings (SSSR count). The van der Waals surface area contributed by atoms with Crippen LogP contribution in [0.25, 0.3) is 0 Å². The Morgan fingerprint density at radius 2 is 2.04 bits per heavy atom. The van der Waals surface area contributed by atoms with E-state index in [4.69, 9.17) is 4.74 Å². The first-order valence-electron chi connectivity index (χ1n) is 8.18. The summed E-state index contributed by atoms with van der Waals surface area (Å²) in [5.74, 6) is 0.499. The van der Waals surface area contributed by atoms with Gasteiger partial charge in [-0.05, 0) is 57.1 Å². The molecule has 1 amide bonds. The number of hydrazine groups is 1. The summed E-state index contributed by atoms with van der Waals surface area (Å²) in [6, 6.07) is 1.55. The summed E-state index contributed by atoms with van der Waals surface area (Å²) in [6.07, 6.45) is 3.47. The number of rotatable bonds is 2. The summed E-state index contributed by atoms with van der Waals surface area (Å²) in [5.41, 5.74) is 0.360. The van der Waals surface area contributed by atoms with E-state index in [0.717, 1.165) is 18.4 Å². The van der Waals surface area contributed by atoms with Crippen molar-refractivity contribution in [1.29, 1.82) is 0 Å². The number of carbonyl (C=O) groups is 1. The number of amides is 1. The van der Waals surface area contributed by atoms with Gasteiger partial charge in [0.05, 0.1) is 6.54 Å². The van der Waals surface area contributed by atoms with E-state index in [2.05, 4.69) is 4.98 Å². The minimum Gasteiger partial charge on any atom is -0.442 e. The number of halogens is 1. The minimum atomic E-state index is -0.587. The molecule has 0 aromatic carbocycles. The molecule has 2 aliphatic rings. The molecule has 1 aliphatic carbocycles. The predicted octanol–water partition coefficient (Wildman–Crippen LogP) is 3.71. The molecule has 1 aromatic heterocycles. The topological polar surface area (TPSA) is 45.7 Å². The second-order valence-electron chi connectivity index (χ2n) is 7.60. The zero-order chi connectivity index (χ0) is 16.8. The van der Waals surface area contributed by atoms with Gasteiger partial charge in [-0.25, -0.2) is 19.2 Å². The second-order valence-corrected chi connectivity index (χ2v) is 7.60. The molecule has 6 heteroatoms. The monoisotopic (exact) mass is 321 g/mol. The molecule has 1 aromatic rings. The second kappa shape index (κ2) is 5.65. The van der Waals surface area contributed by atoms with Crippen LogP contribution in [-0.4, -0.2) is 34.8 Å². The van der Waals surface area contributed by atoms with Crippen molar-refractivity contribution in [2.24, 2.45) is 5.92 Å². The summed E-state index contributed by atoms with van der Waals surface area (Å²) in [4.78, 5) is 16.7. The lowest BCUT2D eigenvalue weighted by Crippen LogP contribution is -2.45. The van der Waals surface area contributed by atoms with Gasteiger partial charge in [0.2, 0.25) is 0 Å². The molecule has 1 atom stereocenters. The van der Waals surface area contributed by atoms with Gasteiger partial charge >= 0.3 is 6.09 Å². The predicted molar refractivity (Wildman–Crippen MR) is 85.6 cm³/mol. The number of anilines is 1. The largest absolute Gasteiger partial charge is 0.442 e. The van der Waals surface area contributed by atoms with E-state index in [1.807, 2.05) is 27.7 Å². The average molecular weight is 321 g/mol. The molecule has 1 saturated heterocycles. The van der Waals surface area contributed by atoms with E-state index in [9.17, 15) is 9.18 Å². The van der Waals surface area contributed by atoms with E-state index in [1.165, 1.54) is 5.01 Å². The van der Waals surface area contributed by atoms with Gasteiger partial charge in [0.1, 0.15) is 5.60 Å². The Kier molecular flexibility index (Phi) is 3.94. The highest BCUT2D eigenvalue weighted by Gasteiger charge is 2.37. The summed E-state index contributed by atoms with van der Waals surface area (Å²) in [7, 11) is 0. The molecule has 1 unspecified atom stereocenters. The van der Waals surface area contributed by atoms with Crippen LogP contribution in [0.4, 0.5) is 15.0 Å². The van der Waals surface area contributed by atoms with E-state index in [0.29, 0.717) is 19.0 Å². The fraction of sp³-hybridized carbons (Fsp3) is 0.647. The quantitative estimate of drug-likeness (QED) is 0.833. The van der Waals surface area contributed by atoms with Gasteiger partial charge in [-0.1, -0.05) is 6.92 Å². The standard InChI is InChI=1S/C17H24FN3O2/c1-11-9-20(21(10-11)16(22)23-17(2,3)4)15-14(18)7-13(8-19-15)12-5-6-12/h7-8,11-12H,5-6,9-10H2,1-4H3. The number of pyridine rings is 1. The van der Waals surface area contributed by atoms with Crippen LogP contribution < -0.4 is 5.01 Å². The van der Waals surface area contributed by atoms with Crippen LogP contribution in [0.15, 0.2) is 12.3 Å². The fourth-order valence-electron chi connectivity index (χ4n) is 2.81. The van der Waals surface area contributed by atoms with Crippen molar-refractivity contribution >= 4 is 11.9 Å². The Balaban J connectivity index is 1.83. The van der Waals surface area contributed by atoms with Crippen molar-refractivity contribution in [3.05, 3.63) is 23.6 Å². The molecule has 0 radical (unpaired) electrons. The Morgan fingerprint density at radius 3 is 2.61 bits per heavy atom. The summed E-state index contributed by atoms with van der Waals surface area (Å²) >= 11 is 0. The molecule has 0 spiro atoms. The highest BCUT2D eigenvalue weighted by Crippen LogP contribution is 2.40. The highest BCUT2D eigenvalue weighted by molar-refractivity contribution is 5.71. The van der Waals surface area contributed by atoms with E-state index in [1.54, 1.807) is 17.3 Å². The van der Waals surface area contributed by atoms with Crippen LogP contribution in [0, 0.1) is 11.7 Å². The number of carbonyl (C=O) groups excluding carboxylic acids is 1. The van der Waals surface area contributed by atoms with Crippen molar-refractivity contribution in [2.75, 3.05) is 18.1 Å². The third kappa shape index (κ3) is 3.57. The Labute approximate surface area is 136 Å². The third-order valence-electron chi connectivity index (χ3n) is 4.00. The first kappa shape index (κ1) is 16.0. The van der Waals surface area contributed by atoms with Crippen molar-refractivity contribution in [1.82, 2.24) is 9.99 Å². The molecule has 5 nitrogen and oxygen atoms in total. The van der Waals surface area contributed by atoms with Crippen molar-refractivity contribution in [3.63, 3.8) is 0 Å². The van der Waals surface area contributed by atoms with Crippen LogP contribution >= 0.6 is 0 Å². The zero-order valence-electron chi connectivity index (χ0n) is 14.2. The van der Waals surface area contributed by atoms with Gasteiger partial charge < -0.3 is 4.74 Å². The first-order chi connectivity index (χ1) is 10.7. The Hall–Kier alpha value is -1.85. The lowest BCUT2D eigenvalue weighted by atomic mass is 10.2. The Morgan fingerprint density at radius 1 is 1.35 bits per heavy atom. The fourth-order valence-corrected chi connectivity index (χ4v) is 2.81. The van der Waals surface area contributed by atoms with Crippen molar-refractivity contribution < 1.29 is 13.9 Å². The van der Waals surface area contributed by atoms with E-state index in [-0.39, 0.29) is 17.6 Å². The van der Waals surface area contributed by atoms with E-state index >= 15 is 0 Å². The number of ether oxygens (including phenoxy) is 1. The third-order valence-corrected chi connectivity index (χ3v) is 4.00. The molecule has 2 fully saturated rings. The van der Waals surface area contributed by atoms with Gasteiger partial charge in [-0.15, -0.1) is 0 Å².